The summed E-state index contributed by atoms with van der Waals surface area (Å²) >= 11 is 0. The van der Waals surface area contributed by atoms with Crippen LogP contribution in [0.3, 0.4) is 0 Å². The highest BCUT2D eigenvalue weighted by molar-refractivity contribution is 5.83. The molecule has 1 unspecified atom stereocenters. The molecule has 4 nitrogen and oxygen atoms in total. The molecule has 1 saturated heterocycles. The lowest BCUT2D eigenvalue weighted by Crippen LogP contribution is -2.52. The molecule has 0 aromatic carbocycles. The van der Waals surface area contributed by atoms with Crippen molar-refractivity contribution in [1.82, 2.24) is 4.90 Å². The minimum absolute atomic E-state index is 0.0344. The Balaban J connectivity index is 2.86. The van der Waals surface area contributed by atoms with Crippen LogP contribution in [-0.2, 0) is 9.59 Å². The zero-order valence-corrected chi connectivity index (χ0v) is 9.38. The van der Waals surface area contributed by atoms with E-state index in [0.717, 1.165) is 0 Å². The van der Waals surface area contributed by atoms with Gasteiger partial charge in [-0.25, -0.2) is 0 Å². The van der Waals surface area contributed by atoms with E-state index in [1.165, 1.54) is 0 Å². The van der Waals surface area contributed by atoms with Crippen molar-refractivity contribution in [2.75, 3.05) is 13.1 Å². The largest absolute Gasteiger partial charge is 0.481 e. The third-order valence-corrected chi connectivity index (χ3v) is 3.24. The normalized spacial score (nSPS) is 25.8. The van der Waals surface area contributed by atoms with Crippen LogP contribution < -0.4 is 0 Å². The van der Waals surface area contributed by atoms with Crippen molar-refractivity contribution in [2.45, 2.75) is 32.4 Å². The van der Waals surface area contributed by atoms with E-state index in [2.05, 4.69) is 0 Å². The number of amides is 1. The number of alkyl halides is 3. The predicted molar refractivity (Wildman–Crippen MR) is 52.2 cm³/mol. The second-order valence-corrected chi connectivity index (χ2v) is 4.27. The first-order chi connectivity index (χ1) is 7.73. The molecule has 1 N–H and O–H groups in total. The van der Waals surface area contributed by atoms with E-state index in [0.29, 0.717) is 11.3 Å². The fourth-order valence-corrected chi connectivity index (χ4v) is 2.10. The highest BCUT2D eigenvalue weighted by Gasteiger charge is 2.48. The number of hydrogen-bond donors (Lipinski definition) is 1. The average molecular weight is 253 g/mol. The van der Waals surface area contributed by atoms with Crippen molar-refractivity contribution in [3.8, 4) is 0 Å². The summed E-state index contributed by atoms with van der Waals surface area (Å²) < 4.78 is 36.8. The van der Waals surface area contributed by atoms with Gasteiger partial charge in [0, 0.05) is 13.1 Å². The predicted octanol–water partition coefficient (Wildman–Crippen LogP) is 1.65. The Hall–Kier alpha value is -1.27. The number of halogens is 3. The molecular formula is C10H14F3NO3. The van der Waals surface area contributed by atoms with Crippen LogP contribution in [0.15, 0.2) is 0 Å². The van der Waals surface area contributed by atoms with Crippen molar-refractivity contribution in [3.05, 3.63) is 0 Å². The SMILES string of the molecule is CCC1(C(=O)O)CCCN(C(=O)C(F)(F)F)C1. The van der Waals surface area contributed by atoms with E-state index in [1.807, 2.05) is 0 Å². The number of carboxylic acids is 1. The fraction of sp³-hybridized carbons (Fsp3) is 0.800. The van der Waals surface area contributed by atoms with Gasteiger partial charge in [0.2, 0.25) is 0 Å². The highest BCUT2D eigenvalue weighted by atomic mass is 19.4. The summed E-state index contributed by atoms with van der Waals surface area (Å²) in [4.78, 5) is 22.8. The van der Waals surface area contributed by atoms with Gasteiger partial charge in [0.1, 0.15) is 0 Å². The molecule has 7 heteroatoms. The van der Waals surface area contributed by atoms with E-state index in [4.69, 9.17) is 5.11 Å². The first-order valence-corrected chi connectivity index (χ1v) is 5.32. The molecule has 0 aromatic heterocycles. The van der Waals surface area contributed by atoms with Crippen LogP contribution in [-0.4, -0.2) is 41.1 Å². The van der Waals surface area contributed by atoms with Gasteiger partial charge in [0.25, 0.3) is 0 Å². The van der Waals surface area contributed by atoms with Crippen LogP contribution >= 0.6 is 0 Å². The first-order valence-electron chi connectivity index (χ1n) is 5.32. The molecule has 1 atom stereocenters. The molecule has 0 spiro atoms. The molecule has 1 aliphatic heterocycles. The number of carboxylic acid groups (broad SMARTS) is 1. The van der Waals surface area contributed by atoms with Gasteiger partial charge >= 0.3 is 18.1 Å². The van der Waals surface area contributed by atoms with E-state index in [-0.39, 0.29) is 25.9 Å². The van der Waals surface area contributed by atoms with Crippen LogP contribution in [0, 0.1) is 5.41 Å². The fourth-order valence-electron chi connectivity index (χ4n) is 2.10. The third kappa shape index (κ3) is 2.70. The number of likely N-dealkylation sites (tertiary alicyclic amines) is 1. The van der Waals surface area contributed by atoms with Crippen molar-refractivity contribution < 1.29 is 27.9 Å². The van der Waals surface area contributed by atoms with Gasteiger partial charge in [-0.05, 0) is 19.3 Å². The Morgan fingerprint density at radius 3 is 2.41 bits per heavy atom. The van der Waals surface area contributed by atoms with Crippen molar-refractivity contribution in [2.24, 2.45) is 5.41 Å². The molecule has 0 saturated carbocycles. The minimum Gasteiger partial charge on any atom is -0.481 e. The number of carbonyl (C=O) groups excluding carboxylic acids is 1. The monoisotopic (exact) mass is 253 g/mol. The van der Waals surface area contributed by atoms with Gasteiger partial charge in [-0.15, -0.1) is 0 Å². The van der Waals surface area contributed by atoms with Gasteiger partial charge in [-0.1, -0.05) is 6.92 Å². The maximum atomic E-state index is 12.3. The molecule has 1 aliphatic rings. The summed E-state index contributed by atoms with van der Waals surface area (Å²) in [6.45, 7) is 1.21. The summed E-state index contributed by atoms with van der Waals surface area (Å²) in [5.74, 6) is -3.09. The molecule has 1 rings (SSSR count). The van der Waals surface area contributed by atoms with Gasteiger partial charge in [-0.2, -0.15) is 13.2 Å². The summed E-state index contributed by atoms with van der Waals surface area (Å²) in [6, 6.07) is 0. The molecule has 98 valence electrons. The number of carbonyl (C=O) groups is 2. The lowest BCUT2D eigenvalue weighted by molar-refractivity contribution is -0.190. The van der Waals surface area contributed by atoms with E-state index in [1.54, 1.807) is 6.92 Å². The molecule has 17 heavy (non-hydrogen) atoms. The van der Waals surface area contributed by atoms with Crippen LogP contribution in [0.5, 0.6) is 0 Å². The maximum Gasteiger partial charge on any atom is 0.471 e. The van der Waals surface area contributed by atoms with E-state index in [9.17, 15) is 22.8 Å². The zero-order chi connectivity index (χ0) is 13.3. The molecule has 0 aliphatic carbocycles. The first kappa shape index (κ1) is 13.8. The Kier molecular flexibility index (Phi) is 3.68. The van der Waals surface area contributed by atoms with E-state index < -0.39 is 23.5 Å². The number of aliphatic carboxylic acids is 1. The molecule has 0 bridgehead atoms. The maximum absolute atomic E-state index is 12.3. The summed E-state index contributed by atoms with van der Waals surface area (Å²) in [6.07, 6.45) is -4.14. The van der Waals surface area contributed by atoms with Crippen molar-refractivity contribution in [3.63, 3.8) is 0 Å². The lowest BCUT2D eigenvalue weighted by Gasteiger charge is -2.39. The topological polar surface area (TPSA) is 57.6 Å². The summed E-state index contributed by atoms with van der Waals surface area (Å²) in [5, 5.41) is 9.07. The van der Waals surface area contributed by atoms with Gasteiger partial charge in [-0.3, -0.25) is 9.59 Å². The second kappa shape index (κ2) is 4.54. The number of hydrogen-bond acceptors (Lipinski definition) is 2. The van der Waals surface area contributed by atoms with Gasteiger partial charge < -0.3 is 10.0 Å². The number of nitrogens with zero attached hydrogens (tertiary/aromatic N) is 1. The third-order valence-electron chi connectivity index (χ3n) is 3.24. The number of piperidine rings is 1. The van der Waals surface area contributed by atoms with E-state index >= 15 is 0 Å². The standard InChI is InChI=1S/C10H14F3NO3/c1-2-9(8(16)17)4-3-5-14(6-9)7(15)10(11,12)13/h2-6H2,1H3,(H,16,17). The lowest BCUT2D eigenvalue weighted by atomic mass is 9.77. The molecule has 1 fully saturated rings. The Bertz CT molecular complexity index is 329. The highest BCUT2D eigenvalue weighted by Crippen LogP contribution is 2.35. The number of rotatable bonds is 2. The Morgan fingerprint density at radius 1 is 1.41 bits per heavy atom. The van der Waals surface area contributed by atoms with Gasteiger partial charge in [0.05, 0.1) is 5.41 Å². The van der Waals surface area contributed by atoms with Crippen LogP contribution in [0.25, 0.3) is 0 Å². The smallest absolute Gasteiger partial charge is 0.471 e. The molecule has 0 aromatic rings. The Labute approximate surface area is 96.4 Å². The van der Waals surface area contributed by atoms with Crippen molar-refractivity contribution in [1.29, 1.82) is 0 Å². The van der Waals surface area contributed by atoms with Crippen LogP contribution in [0.2, 0.25) is 0 Å². The summed E-state index contributed by atoms with van der Waals surface area (Å²) in [7, 11) is 0. The average Bonchev–Trinajstić information content (AvgIpc) is 2.26. The van der Waals surface area contributed by atoms with Crippen molar-refractivity contribution >= 4 is 11.9 Å². The summed E-state index contributed by atoms with van der Waals surface area (Å²) in [5.41, 5.74) is -1.24. The van der Waals surface area contributed by atoms with Crippen LogP contribution in [0.1, 0.15) is 26.2 Å². The molecule has 1 amide bonds. The molecule has 1 heterocycles. The quantitative estimate of drug-likeness (QED) is 0.814. The molecular weight excluding hydrogens is 239 g/mol. The Morgan fingerprint density at radius 2 is 2.00 bits per heavy atom. The van der Waals surface area contributed by atoms with Crippen LogP contribution in [0.4, 0.5) is 13.2 Å². The minimum atomic E-state index is -4.94. The second-order valence-electron chi connectivity index (χ2n) is 4.27. The zero-order valence-electron chi connectivity index (χ0n) is 9.38. The van der Waals surface area contributed by atoms with Gasteiger partial charge in [0.15, 0.2) is 0 Å². The molecule has 0 radical (unpaired) electrons.